The molecule has 1 aromatic heterocycles. The van der Waals surface area contributed by atoms with Crippen LogP contribution in [0, 0.1) is 6.92 Å². The SMILES string of the molecule is CCNC(=NCC(=O)NCCc1ccccc1)NCCc1c[nH]c2cc(C)ccc12.I. The minimum atomic E-state index is -0.0740. The van der Waals surface area contributed by atoms with E-state index >= 15 is 0 Å². The molecule has 4 N–H and O–H groups in total. The van der Waals surface area contributed by atoms with E-state index in [0.29, 0.717) is 12.5 Å². The zero-order valence-corrected chi connectivity index (χ0v) is 20.5. The number of rotatable bonds is 9. The van der Waals surface area contributed by atoms with Gasteiger partial charge in [0.2, 0.25) is 5.91 Å². The fourth-order valence-corrected chi connectivity index (χ4v) is 3.36. The number of carbonyl (C=O) groups is 1. The molecule has 0 radical (unpaired) electrons. The predicted molar refractivity (Wildman–Crippen MR) is 139 cm³/mol. The number of hydrogen-bond donors (Lipinski definition) is 4. The number of carbonyl (C=O) groups excluding carboxylic acids is 1. The summed E-state index contributed by atoms with van der Waals surface area (Å²) in [5.41, 5.74) is 4.89. The van der Waals surface area contributed by atoms with Crippen LogP contribution >= 0.6 is 24.0 Å². The van der Waals surface area contributed by atoms with Crippen molar-refractivity contribution in [1.29, 1.82) is 0 Å². The van der Waals surface area contributed by atoms with Gasteiger partial charge < -0.3 is 20.9 Å². The number of aliphatic imine (C=N–C) groups is 1. The number of aromatic nitrogens is 1. The molecule has 0 spiro atoms. The molecule has 0 fully saturated rings. The van der Waals surface area contributed by atoms with Crippen molar-refractivity contribution < 1.29 is 4.79 Å². The summed E-state index contributed by atoms with van der Waals surface area (Å²) < 4.78 is 0. The Balaban J connectivity index is 0.00000341. The highest BCUT2D eigenvalue weighted by atomic mass is 127. The maximum absolute atomic E-state index is 12.1. The molecular weight excluding hydrogens is 501 g/mol. The lowest BCUT2D eigenvalue weighted by atomic mass is 10.1. The van der Waals surface area contributed by atoms with Crippen molar-refractivity contribution in [1.82, 2.24) is 20.9 Å². The third-order valence-corrected chi connectivity index (χ3v) is 4.91. The van der Waals surface area contributed by atoms with Crippen LogP contribution in [0.5, 0.6) is 0 Å². The Morgan fingerprint density at radius 2 is 1.77 bits per heavy atom. The van der Waals surface area contributed by atoms with E-state index in [1.807, 2.05) is 25.1 Å². The van der Waals surface area contributed by atoms with Crippen LogP contribution in [0.3, 0.4) is 0 Å². The van der Waals surface area contributed by atoms with Gasteiger partial charge in [-0.15, -0.1) is 24.0 Å². The number of aromatic amines is 1. The van der Waals surface area contributed by atoms with Crippen LogP contribution in [-0.2, 0) is 17.6 Å². The van der Waals surface area contributed by atoms with E-state index in [4.69, 9.17) is 0 Å². The lowest BCUT2D eigenvalue weighted by molar-refractivity contribution is -0.119. The first-order valence-electron chi connectivity index (χ1n) is 10.5. The van der Waals surface area contributed by atoms with Crippen molar-refractivity contribution >= 4 is 46.7 Å². The Morgan fingerprint density at radius 1 is 1.00 bits per heavy atom. The molecule has 31 heavy (non-hydrogen) atoms. The average molecular weight is 533 g/mol. The van der Waals surface area contributed by atoms with Crippen LogP contribution in [-0.4, -0.2) is 43.0 Å². The van der Waals surface area contributed by atoms with Gasteiger partial charge in [0.05, 0.1) is 0 Å². The van der Waals surface area contributed by atoms with Gasteiger partial charge in [0, 0.05) is 36.7 Å². The third-order valence-electron chi connectivity index (χ3n) is 4.91. The lowest BCUT2D eigenvalue weighted by Crippen LogP contribution is -2.39. The van der Waals surface area contributed by atoms with Crippen LogP contribution in [0.4, 0.5) is 0 Å². The fourth-order valence-electron chi connectivity index (χ4n) is 3.36. The second kappa shape index (κ2) is 13.0. The molecule has 0 aliphatic heterocycles. The molecule has 1 heterocycles. The molecule has 0 saturated heterocycles. The van der Waals surface area contributed by atoms with Crippen LogP contribution in [0.2, 0.25) is 0 Å². The predicted octanol–water partition coefficient (Wildman–Crippen LogP) is 3.55. The molecule has 0 aliphatic carbocycles. The maximum Gasteiger partial charge on any atom is 0.241 e. The molecule has 166 valence electrons. The van der Waals surface area contributed by atoms with Crippen LogP contribution in [0.1, 0.15) is 23.6 Å². The molecule has 3 aromatic rings. The average Bonchev–Trinajstić information content (AvgIpc) is 3.14. The van der Waals surface area contributed by atoms with Crippen LogP contribution in [0.15, 0.2) is 59.7 Å². The molecule has 0 bridgehead atoms. The monoisotopic (exact) mass is 533 g/mol. The number of aryl methyl sites for hydroxylation is 1. The van der Waals surface area contributed by atoms with E-state index in [9.17, 15) is 4.79 Å². The van der Waals surface area contributed by atoms with Gasteiger partial charge in [0.15, 0.2) is 5.96 Å². The maximum atomic E-state index is 12.1. The van der Waals surface area contributed by atoms with Gasteiger partial charge in [-0.2, -0.15) is 0 Å². The summed E-state index contributed by atoms with van der Waals surface area (Å²) in [6, 6.07) is 16.6. The Labute approximate surface area is 201 Å². The van der Waals surface area contributed by atoms with E-state index < -0.39 is 0 Å². The van der Waals surface area contributed by atoms with Crippen molar-refractivity contribution in [3.63, 3.8) is 0 Å². The van der Waals surface area contributed by atoms with E-state index in [1.54, 1.807) is 0 Å². The number of H-pyrrole nitrogens is 1. The zero-order chi connectivity index (χ0) is 21.2. The van der Waals surface area contributed by atoms with Gasteiger partial charge >= 0.3 is 0 Å². The first-order chi connectivity index (χ1) is 14.7. The zero-order valence-electron chi connectivity index (χ0n) is 18.2. The summed E-state index contributed by atoms with van der Waals surface area (Å²) in [5.74, 6) is 0.585. The third kappa shape index (κ3) is 7.90. The summed E-state index contributed by atoms with van der Waals surface area (Å²) >= 11 is 0. The van der Waals surface area contributed by atoms with Crippen molar-refractivity contribution in [3.8, 4) is 0 Å². The molecular formula is C24H32IN5O. The van der Waals surface area contributed by atoms with Gasteiger partial charge in [-0.25, -0.2) is 4.99 Å². The molecule has 3 rings (SSSR count). The van der Waals surface area contributed by atoms with Crippen LogP contribution in [0.25, 0.3) is 10.9 Å². The number of amides is 1. The molecule has 0 saturated carbocycles. The Morgan fingerprint density at radius 3 is 2.55 bits per heavy atom. The standard InChI is InChI=1S/C24H31N5O.HI/c1-3-25-24(29-17-23(30)26-13-11-19-7-5-4-6-8-19)27-14-12-20-16-28-22-15-18(2)9-10-21(20)22;/h4-10,15-16,28H,3,11-14,17H2,1-2H3,(H,26,30)(H2,25,27,29);1H. The molecule has 2 aromatic carbocycles. The van der Waals surface area contributed by atoms with Crippen molar-refractivity contribution in [3.05, 3.63) is 71.4 Å². The van der Waals surface area contributed by atoms with E-state index in [2.05, 4.69) is 69.4 Å². The molecule has 7 heteroatoms. The number of benzene rings is 2. The van der Waals surface area contributed by atoms with Crippen molar-refractivity contribution in [2.75, 3.05) is 26.2 Å². The van der Waals surface area contributed by atoms with Gasteiger partial charge in [-0.3, -0.25) is 4.79 Å². The van der Waals surface area contributed by atoms with E-state index in [-0.39, 0.29) is 36.4 Å². The molecule has 6 nitrogen and oxygen atoms in total. The number of fused-ring (bicyclic) bond motifs is 1. The molecule has 0 unspecified atom stereocenters. The van der Waals surface area contributed by atoms with Crippen molar-refractivity contribution in [2.45, 2.75) is 26.7 Å². The Hall–Kier alpha value is -2.55. The minimum absolute atomic E-state index is 0. The topological polar surface area (TPSA) is 81.3 Å². The minimum Gasteiger partial charge on any atom is -0.361 e. The number of guanidine groups is 1. The number of nitrogens with one attached hydrogen (secondary N) is 4. The Bertz CT molecular complexity index is 984. The summed E-state index contributed by atoms with van der Waals surface area (Å²) in [6.45, 7) is 6.31. The van der Waals surface area contributed by atoms with E-state index in [1.165, 1.54) is 22.1 Å². The van der Waals surface area contributed by atoms with Gasteiger partial charge in [0.1, 0.15) is 6.54 Å². The number of nitrogens with zero attached hydrogens (tertiary/aromatic N) is 1. The lowest BCUT2D eigenvalue weighted by Gasteiger charge is -2.11. The largest absolute Gasteiger partial charge is 0.361 e. The van der Waals surface area contributed by atoms with Gasteiger partial charge in [0.25, 0.3) is 0 Å². The molecule has 0 aliphatic rings. The fraction of sp³-hybridized carbons (Fsp3) is 0.333. The molecule has 1 amide bonds. The highest BCUT2D eigenvalue weighted by molar-refractivity contribution is 14.0. The summed E-state index contributed by atoms with van der Waals surface area (Å²) in [5, 5.41) is 10.7. The van der Waals surface area contributed by atoms with Gasteiger partial charge in [-0.1, -0.05) is 42.5 Å². The van der Waals surface area contributed by atoms with Gasteiger partial charge in [-0.05, 0) is 49.4 Å². The summed E-state index contributed by atoms with van der Waals surface area (Å²) in [4.78, 5) is 19.8. The first kappa shape index (κ1) is 24.7. The summed E-state index contributed by atoms with van der Waals surface area (Å²) in [6.07, 6.45) is 3.76. The highest BCUT2D eigenvalue weighted by Gasteiger charge is 2.05. The van der Waals surface area contributed by atoms with E-state index in [0.717, 1.165) is 31.4 Å². The first-order valence-corrected chi connectivity index (χ1v) is 10.5. The van der Waals surface area contributed by atoms with Crippen LogP contribution < -0.4 is 16.0 Å². The second-order valence-corrected chi connectivity index (χ2v) is 7.32. The second-order valence-electron chi connectivity index (χ2n) is 7.32. The smallest absolute Gasteiger partial charge is 0.241 e. The van der Waals surface area contributed by atoms with Crippen molar-refractivity contribution in [2.24, 2.45) is 4.99 Å². The highest BCUT2D eigenvalue weighted by Crippen LogP contribution is 2.19. The number of hydrogen-bond acceptors (Lipinski definition) is 2. The molecule has 0 atom stereocenters. The normalized spacial score (nSPS) is 11.1. The Kier molecular flexibility index (Phi) is 10.4. The quantitative estimate of drug-likeness (QED) is 0.193. The summed E-state index contributed by atoms with van der Waals surface area (Å²) in [7, 11) is 0. The number of halogens is 1.